The summed E-state index contributed by atoms with van der Waals surface area (Å²) in [5.74, 6) is -0.216. The van der Waals surface area contributed by atoms with Crippen molar-refractivity contribution in [2.45, 2.75) is 32.2 Å². The van der Waals surface area contributed by atoms with E-state index in [4.69, 9.17) is 5.73 Å². The van der Waals surface area contributed by atoms with Crippen molar-refractivity contribution in [1.82, 2.24) is 25.2 Å². The molecule has 3 N–H and O–H groups in total. The number of aromatic nitrogens is 3. The van der Waals surface area contributed by atoms with Crippen molar-refractivity contribution in [3.05, 3.63) is 11.9 Å². The number of likely N-dealkylation sites (tertiary alicyclic amines) is 1. The summed E-state index contributed by atoms with van der Waals surface area (Å²) in [6.45, 7) is 2.95. The van der Waals surface area contributed by atoms with Crippen molar-refractivity contribution in [2.75, 3.05) is 26.2 Å². The van der Waals surface area contributed by atoms with Crippen molar-refractivity contribution in [2.24, 2.45) is 5.73 Å². The highest BCUT2D eigenvalue weighted by Gasteiger charge is 2.16. The molecule has 2 heterocycles. The van der Waals surface area contributed by atoms with Gasteiger partial charge in [0.25, 0.3) is 5.91 Å². The molecule has 2 amide bonds. The first-order valence-electron chi connectivity index (χ1n) is 7.37. The third-order valence-electron chi connectivity index (χ3n) is 3.46. The van der Waals surface area contributed by atoms with E-state index in [0.717, 1.165) is 25.9 Å². The number of nitrogens with one attached hydrogen (secondary N) is 1. The van der Waals surface area contributed by atoms with Crippen LogP contribution in [0.25, 0.3) is 0 Å². The Morgan fingerprint density at radius 3 is 2.76 bits per heavy atom. The van der Waals surface area contributed by atoms with Gasteiger partial charge in [-0.3, -0.25) is 14.3 Å². The molecule has 0 unspecified atom stereocenters. The number of carbonyl (C=O) groups excluding carboxylic acids is 2. The second-order valence-corrected chi connectivity index (χ2v) is 5.10. The highest BCUT2D eigenvalue weighted by molar-refractivity contribution is 5.92. The molecule has 2 rings (SSSR count). The van der Waals surface area contributed by atoms with Crippen LogP contribution in [0.5, 0.6) is 0 Å². The molecule has 21 heavy (non-hydrogen) atoms. The van der Waals surface area contributed by atoms with Crippen LogP contribution < -0.4 is 11.1 Å². The van der Waals surface area contributed by atoms with Gasteiger partial charge in [-0.1, -0.05) is 5.21 Å². The highest BCUT2D eigenvalue weighted by atomic mass is 16.2. The number of hydrogen-bond donors (Lipinski definition) is 2. The smallest absolute Gasteiger partial charge is 0.273 e. The maximum Gasteiger partial charge on any atom is 0.273 e. The number of amides is 2. The predicted molar refractivity (Wildman–Crippen MR) is 76.5 cm³/mol. The molecule has 0 saturated carbocycles. The first-order chi connectivity index (χ1) is 10.2. The predicted octanol–water partition coefficient (Wildman–Crippen LogP) is -0.631. The molecule has 116 valence electrons. The fourth-order valence-corrected chi connectivity index (χ4v) is 2.32. The van der Waals surface area contributed by atoms with E-state index in [9.17, 15) is 9.59 Å². The van der Waals surface area contributed by atoms with Gasteiger partial charge >= 0.3 is 0 Å². The summed E-state index contributed by atoms with van der Waals surface area (Å²) in [7, 11) is 0. The molecular formula is C13H22N6O2. The number of hydrogen-bond acceptors (Lipinski definition) is 5. The van der Waals surface area contributed by atoms with E-state index in [1.807, 2.05) is 4.90 Å². The normalized spacial score (nSPS) is 15.0. The monoisotopic (exact) mass is 294 g/mol. The van der Waals surface area contributed by atoms with Crippen molar-refractivity contribution < 1.29 is 9.59 Å². The molecule has 1 aromatic rings. The Hall–Kier alpha value is -1.96. The number of piperidine rings is 1. The Bertz CT molecular complexity index is 481. The zero-order valence-corrected chi connectivity index (χ0v) is 12.1. The average molecular weight is 294 g/mol. The van der Waals surface area contributed by atoms with Gasteiger partial charge in [0.1, 0.15) is 0 Å². The number of carbonyl (C=O) groups is 2. The summed E-state index contributed by atoms with van der Waals surface area (Å²) >= 11 is 0. The van der Waals surface area contributed by atoms with Crippen LogP contribution in [0.3, 0.4) is 0 Å². The average Bonchev–Trinajstić information content (AvgIpc) is 2.97. The summed E-state index contributed by atoms with van der Waals surface area (Å²) in [6.07, 6.45) is 5.21. The Balaban J connectivity index is 1.71. The fraction of sp³-hybridized carbons (Fsp3) is 0.692. The van der Waals surface area contributed by atoms with Crippen molar-refractivity contribution in [3.8, 4) is 0 Å². The van der Waals surface area contributed by atoms with Crippen LogP contribution in [0.2, 0.25) is 0 Å². The number of nitrogens with zero attached hydrogens (tertiary/aromatic N) is 4. The SMILES string of the molecule is NCCn1cc(C(=O)NCCC(=O)N2CCCCC2)nn1. The minimum Gasteiger partial charge on any atom is -0.350 e. The van der Waals surface area contributed by atoms with E-state index in [-0.39, 0.29) is 17.5 Å². The van der Waals surface area contributed by atoms with Gasteiger partial charge in [0.05, 0.1) is 12.7 Å². The maximum atomic E-state index is 11.9. The van der Waals surface area contributed by atoms with Gasteiger partial charge in [0, 0.05) is 32.6 Å². The van der Waals surface area contributed by atoms with E-state index in [0.29, 0.717) is 26.1 Å². The molecule has 8 heteroatoms. The summed E-state index contributed by atoms with van der Waals surface area (Å²) in [5.41, 5.74) is 5.64. The van der Waals surface area contributed by atoms with Crippen molar-refractivity contribution in [1.29, 1.82) is 0 Å². The van der Waals surface area contributed by atoms with Crippen LogP contribution >= 0.6 is 0 Å². The minimum absolute atomic E-state index is 0.0989. The van der Waals surface area contributed by atoms with E-state index >= 15 is 0 Å². The van der Waals surface area contributed by atoms with Gasteiger partial charge in [-0.05, 0) is 19.3 Å². The molecule has 8 nitrogen and oxygen atoms in total. The van der Waals surface area contributed by atoms with Crippen LogP contribution in [0.15, 0.2) is 6.20 Å². The van der Waals surface area contributed by atoms with Gasteiger partial charge in [0.15, 0.2) is 5.69 Å². The standard InChI is InChI=1S/C13H22N6O2/c14-5-9-19-10-11(16-17-19)13(21)15-6-4-12(20)18-7-2-1-3-8-18/h10H,1-9,14H2,(H,15,21). The summed E-state index contributed by atoms with van der Waals surface area (Å²) in [5, 5.41) is 10.3. The lowest BCUT2D eigenvalue weighted by Gasteiger charge is -2.26. The quantitative estimate of drug-likeness (QED) is 0.726. The van der Waals surface area contributed by atoms with E-state index < -0.39 is 0 Å². The lowest BCUT2D eigenvalue weighted by molar-refractivity contribution is -0.131. The van der Waals surface area contributed by atoms with Gasteiger partial charge in [-0.2, -0.15) is 0 Å². The lowest BCUT2D eigenvalue weighted by atomic mass is 10.1. The molecule has 1 aliphatic rings. The largest absolute Gasteiger partial charge is 0.350 e. The van der Waals surface area contributed by atoms with Crippen molar-refractivity contribution in [3.63, 3.8) is 0 Å². The summed E-state index contributed by atoms with van der Waals surface area (Å²) in [4.78, 5) is 25.6. The summed E-state index contributed by atoms with van der Waals surface area (Å²) in [6, 6.07) is 0. The second kappa shape index (κ2) is 7.72. The molecule has 0 bridgehead atoms. The lowest BCUT2D eigenvalue weighted by Crippen LogP contribution is -2.37. The molecule has 0 aliphatic carbocycles. The maximum absolute atomic E-state index is 11.9. The number of nitrogens with two attached hydrogens (primary N) is 1. The second-order valence-electron chi connectivity index (χ2n) is 5.10. The third kappa shape index (κ3) is 4.52. The molecule has 0 atom stereocenters. The zero-order valence-electron chi connectivity index (χ0n) is 12.1. The van der Waals surface area contributed by atoms with Crippen LogP contribution in [0.4, 0.5) is 0 Å². The molecule has 1 aromatic heterocycles. The first-order valence-corrected chi connectivity index (χ1v) is 7.37. The molecule has 1 aliphatic heterocycles. The van der Waals surface area contributed by atoms with E-state index in [1.165, 1.54) is 11.1 Å². The molecule has 1 fully saturated rings. The Labute approximate surface area is 123 Å². The summed E-state index contributed by atoms with van der Waals surface area (Å²) < 4.78 is 1.52. The van der Waals surface area contributed by atoms with Gasteiger partial charge in [0.2, 0.25) is 5.91 Å². The molecule has 0 spiro atoms. The molecule has 1 saturated heterocycles. The van der Waals surface area contributed by atoms with Crippen LogP contribution in [-0.2, 0) is 11.3 Å². The number of rotatable bonds is 6. The van der Waals surface area contributed by atoms with Crippen molar-refractivity contribution >= 4 is 11.8 Å². The zero-order chi connectivity index (χ0) is 15.1. The van der Waals surface area contributed by atoms with E-state index in [1.54, 1.807) is 6.20 Å². The van der Waals surface area contributed by atoms with Gasteiger partial charge < -0.3 is 16.0 Å². The molecular weight excluding hydrogens is 272 g/mol. The minimum atomic E-state index is -0.315. The van der Waals surface area contributed by atoms with Gasteiger partial charge in [-0.25, -0.2) is 0 Å². The van der Waals surface area contributed by atoms with Gasteiger partial charge in [-0.15, -0.1) is 5.10 Å². The topological polar surface area (TPSA) is 106 Å². The molecule has 0 aromatic carbocycles. The van der Waals surface area contributed by atoms with Crippen LogP contribution in [0.1, 0.15) is 36.2 Å². The fourth-order valence-electron chi connectivity index (χ4n) is 2.32. The third-order valence-corrected chi connectivity index (χ3v) is 3.46. The highest BCUT2D eigenvalue weighted by Crippen LogP contribution is 2.09. The van der Waals surface area contributed by atoms with Crippen LogP contribution in [0, 0.1) is 0 Å². The molecule has 0 radical (unpaired) electrons. The van der Waals surface area contributed by atoms with E-state index in [2.05, 4.69) is 15.6 Å². The Morgan fingerprint density at radius 1 is 1.29 bits per heavy atom. The Morgan fingerprint density at radius 2 is 2.05 bits per heavy atom. The van der Waals surface area contributed by atoms with Crippen LogP contribution in [-0.4, -0.2) is 57.9 Å². The Kier molecular flexibility index (Phi) is 5.68. The first kappa shape index (κ1) is 15.4.